The maximum absolute atomic E-state index is 13.5. The Balaban J connectivity index is 1.27. The van der Waals surface area contributed by atoms with E-state index in [4.69, 9.17) is 20.4 Å². The molecule has 2 aromatic carbocycles. The van der Waals surface area contributed by atoms with E-state index in [1.54, 1.807) is 24.5 Å². The first-order valence-corrected chi connectivity index (χ1v) is 12.8. The third kappa shape index (κ3) is 5.06. The third-order valence-electron chi connectivity index (χ3n) is 7.08. The molecule has 39 heavy (non-hydrogen) atoms. The average molecular weight is 522 g/mol. The van der Waals surface area contributed by atoms with Crippen LogP contribution in [0.1, 0.15) is 32.0 Å². The molecule has 196 valence electrons. The number of ether oxygens (including phenoxy) is 1. The van der Waals surface area contributed by atoms with E-state index in [0.717, 1.165) is 47.6 Å². The number of nitrogens with zero attached hydrogens (tertiary/aromatic N) is 6. The first-order valence-electron chi connectivity index (χ1n) is 12.8. The van der Waals surface area contributed by atoms with Crippen LogP contribution in [0.25, 0.3) is 22.5 Å². The van der Waals surface area contributed by atoms with E-state index in [-0.39, 0.29) is 11.9 Å². The number of anilines is 2. The second kappa shape index (κ2) is 10.6. The third-order valence-corrected chi connectivity index (χ3v) is 7.08. The zero-order chi connectivity index (χ0) is 26.8. The van der Waals surface area contributed by atoms with Crippen molar-refractivity contribution in [3.63, 3.8) is 0 Å². The van der Waals surface area contributed by atoms with Gasteiger partial charge in [0.2, 0.25) is 5.95 Å². The van der Waals surface area contributed by atoms with Crippen molar-refractivity contribution in [1.29, 1.82) is 0 Å². The van der Waals surface area contributed by atoms with E-state index in [1.165, 1.54) is 0 Å². The number of nitrogens with two attached hydrogens (primary N) is 1. The zero-order valence-electron chi connectivity index (χ0n) is 21.3. The standard InChI is InChI=1S/C29H27N7O3/c30-29-31-15-23(16-32-29)26-33-25-17-36(10-9-24(25)27(34-26)35-11-13-39-14-12-35)28(38)22-7-5-21(6-8-22)20-3-1-19(18-37)2-4-20/h1-8,15-16,18H,9-14,17H2,(H2,30,31,32). The highest BCUT2D eigenvalue weighted by Crippen LogP contribution is 2.31. The highest BCUT2D eigenvalue weighted by atomic mass is 16.5. The Morgan fingerprint density at radius 3 is 2.21 bits per heavy atom. The second-order valence-corrected chi connectivity index (χ2v) is 9.52. The summed E-state index contributed by atoms with van der Waals surface area (Å²) in [6.45, 7) is 3.72. The van der Waals surface area contributed by atoms with Crippen LogP contribution in [0.5, 0.6) is 0 Å². The van der Waals surface area contributed by atoms with Gasteiger partial charge in [-0.05, 0) is 29.7 Å². The maximum atomic E-state index is 13.5. The molecule has 0 spiro atoms. The molecule has 4 aromatic rings. The number of carbonyl (C=O) groups is 2. The number of rotatable bonds is 5. The van der Waals surface area contributed by atoms with Crippen LogP contribution in [0, 0.1) is 0 Å². The van der Waals surface area contributed by atoms with Gasteiger partial charge in [-0.1, -0.05) is 36.4 Å². The van der Waals surface area contributed by atoms with Gasteiger partial charge in [0.25, 0.3) is 5.91 Å². The molecule has 0 atom stereocenters. The molecule has 2 aliphatic heterocycles. The van der Waals surface area contributed by atoms with Crippen LogP contribution in [-0.4, -0.2) is 69.9 Å². The summed E-state index contributed by atoms with van der Waals surface area (Å²) >= 11 is 0. The van der Waals surface area contributed by atoms with E-state index in [1.807, 2.05) is 41.3 Å². The molecule has 0 unspecified atom stereocenters. The molecule has 4 heterocycles. The molecule has 10 nitrogen and oxygen atoms in total. The minimum atomic E-state index is -0.0487. The molecule has 0 radical (unpaired) electrons. The average Bonchev–Trinajstić information content (AvgIpc) is 3.01. The molecule has 0 bridgehead atoms. The summed E-state index contributed by atoms with van der Waals surface area (Å²) in [4.78, 5) is 46.5. The molecule has 0 saturated carbocycles. The Hall–Kier alpha value is -4.70. The predicted octanol–water partition coefficient (Wildman–Crippen LogP) is 3.03. The number of morpholine rings is 1. The fourth-order valence-electron chi connectivity index (χ4n) is 4.95. The van der Waals surface area contributed by atoms with Gasteiger partial charge in [0.05, 0.1) is 31.0 Å². The van der Waals surface area contributed by atoms with E-state index in [2.05, 4.69) is 14.9 Å². The van der Waals surface area contributed by atoms with E-state index in [9.17, 15) is 9.59 Å². The summed E-state index contributed by atoms with van der Waals surface area (Å²) in [7, 11) is 0. The molecule has 0 aliphatic carbocycles. The predicted molar refractivity (Wildman–Crippen MR) is 146 cm³/mol. The molecule has 2 N–H and O–H groups in total. The normalized spacial score (nSPS) is 15.1. The number of aldehydes is 1. The van der Waals surface area contributed by atoms with Crippen molar-refractivity contribution in [3.05, 3.63) is 83.3 Å². The smallest absolute Gasteiger partial charge is 0.254 e. The Morgan fingerprint density at radius 2 is 1.54 bits per heavy atom. The number of hydrogen-bond donors (Lipinski definition) is 1. The largest absolute Gasteiger partial charge is 0.378 e. The van der Waals surface area contributed by atoms with Gasteiger partial charge in [-0.3, -0.25) is 9.59 Å². The molecule has 10 heteroatoms. The van der Waals surface area contributed by atoms with Crippen LogP contribution in [0.3, 0.4) is 0 Å². The van der Waals surface area contributed by atoms with Crippen LogP contribution in [-0.2, 0) is 17.7 Å². The molecular weight excluding hydrogens is 494 g/mol. The van der Waals surface area contributed by atoms with E-state index >= 15 is 0 Å². The molecule has 6 rings (SSSR count). The van der Waals surface area contributed by atoms with Crippen molar-refractivity contribution in [2.75, 3.05) is 43.5 Å². The highest BCUT2D eigenvalue weighted by Gasteiger charge is 2.29. The summed E-state index contributed by atoms with van der Waals surface area (Å²) in [5.41, 5.74) is 11.4. The first kappa shape index (κ1) is 24.6. The molecule has 2 aliphatic rings. The zero-order valence-corrected chi connectivity index (χ0v) is 21.3. The van der Waals surface area contributed by atoms with Gasteiger partial charge in [0.1, 0.15) is 12.1 Å². The Morgan fingerprint density at radius 1 is 0.872 bits per heavy atom. The number of hydrogen-bond acceptors (Lipinski definition) is 9. The van der Waals surface area contributed by atoms with E-state index in [0.29, 0.717) is 55.2 Å². The quantitative estimate of drug-likeness (QED) is 0.394. The van der Waals surface area contributed by atoms with Crippen molar-refractivity contribution in [2.45, 2.75) is 13.0 Å². The van der Waals surface area contributed by atoms with Crippen LogP contribution in [0.2, 0.25) is 0 Å². The monoisotopic (exact) mass is 521 g/mol. The van der Waals surface area contributed by atoms with Crippen LogP contribution < -0.4 is 10.6 Å². The molecular formula is C29H27N7O3. The summed E-state index contributed by atoms with van der Waals surface area (Å²) in [5, 5.41) is 0. The minimum Gasteiger partial charge on any atom is -0.378 e. The lowest BCUT2D eigenvalue weighted by molar-refractivity contribution is 0.0731. The summed E-state index contributed by atoms with van der Waals surface area (Å²) in [6, 6.07) is 14.9. The molecule has 2 aromatic heterocycles. The van der Waals surface area contributed by atoms with Crippen molar-refractivity contribution < 1.29 is 14.3 Å². The lowest BCUT2D eigenvalue weighted by Crippen LogP contribution is -2.41. The number of aromatic nitrogens is 4. The van der Waals surface area contributed by atoms with Gasteiger partial charge >= 0.3 is 0 Å². The highest BCUT2D eigenvalue weighted by molar-refractivity contribution is 5.95. The first-order chi connectivity index (χ1) is 19.1. The number of amides is 1. The van der Waals surface area contributed by atoms with Crippen LogP contribution in [0.15, 0.2) is 60.9 Å². The number of fused-ring (bicyclic) bond motifs is 1. The van der Waals surface area contributed by atoms with Crippen molar-refractivity contribution >= 4 is 24.0 Å². The fraction of sp³-hybridized carbons (Fsp3) is 0.241. The van der Waals surface area contributed by atoms with Crippen molar-refractivity contribution in [1.82, 2.24) is 24.8 Å². The fourth-order valence-corrected chi connectivity index (χ4v) is 4.95. The Bertz CT molecular complexity index is 1500. The number of benzene rings is 2. The molecule has 1 amide bonds. The number of nitrogen functional groups attached to an aromatic ring is 1. The van der Waals surface area contributed by atoms with Gasteiger partial charge < -0.3 is 20.3 Å². The maximum Gasteiger partial charge on any atom is 0.254 e. The molecule has 1 saturated heterocycles. The van der Waals surface area contributed by atoms with Crippen molar-refractivity contribution in [3.8, 4) is 22.5 Å². The second-order valence-electron chi connectivity index (χ2n) is 9.52. The topological polar surface area (TPSA) is 127 Å². The summed E-state index contributed by atoms with van der Waals surface area (Å²) < 4.78 is 5.55. The lowest BCUT2D eigenvalue weighted by atomic mass is 10.0. The van der Waals surface area contributed by atoms with Gasteiger partial charge in [-0.2, -0.15) is 0 Å². The van der Waals surface area contributed by atoms with Crippen molar-refractivity contribution in [2.24, 2.45) is 0 Å². The van der Waals surface area contributed by atoms with Crippen LogP contribution in [0.4, 0.5) is 11.8 Å². The Labute approximate surface area is 225 Å². The summed E-state index contributed by atoms with van der Waals surface area (Å²) in [6.07, 6.45) is 4.72. The van der Waals surface area contributed by atoms with E-state index < -0.39 is 0 Å². The van der Waals surface area contributed by atoms with Gasteiger partial charge in [-0.25, -0.2) is 19.9 Å². The van der Waals surface area contributed by atoms with Crippen LogP contribution >= 0.6 is 0 Å². The lowest BCUT2D eigenvalue weighted by Gasteiger charge is -2.34. The molecule has 1 fully saturated rings. The SMILES string of the molecule is Nc1ncc(-c2nc3c(c(N4CCOCC4)n2)CCN(C(=O)c2ccc(-c4ccc(C=O)cc4)cc2)C3)cn1. The number of carbonyl (C=O) groups excluding carboxylic acids is 2. The minimum absolute atomic E-state index is 0.0487. The Kier molecular flexibility index (Phi) is 6.68. The van der Waals surface area contributed by atoms with Gasteiger partial charge in [0.15, 0.2) is 5.82 Å². The van der Waals surface area contributed by atoms with Gasteiger partial charge in [-0.15, -0.1) is 0 Å². The van der Waals surface area contributed by atoms with Gasteiger partial charge in [0, 0.05) is 48.7 Å². The summed E-state index contributed by atoms with van der Waals surface area (Å²) in [5.74, 6) is 1.53.